The highest BCUT2D eigenvalue weighted by Crippen LogP contribution is 2.18. The largest absolute Gasteiger partial charge is 0.326 e. The van der Waals surface area contributed by atoms with E-state index in [0.29, 0.717) is 30.1 Å². The first-order chi connectivity index (χ1) is 12.3. The Kier molecular flexibility index (Phi) is 6.55. The van der Waals surface area contributed by atoms with Gasteiger partial charge in [-0.05, 0) is 56.0 Å². The third-order valence-corrected chi connectivity index (χ3v) is 4.16. The second kappa shape index (κ2) is 8.65. The minimum Gasteiger partial charge on any atom is -0.326 e. The molecule has 0 spiro atoms. The van der Waals surface area contributed by atoms with Crippen molar-refractivity contribution in [3.8, 4) is 0 Å². The zero-order valence-electron chi connectivity index (χ0n) is 16.2. The summed E-state index contributed by atoms with van der Waals surface area (Å²) < 4.78 is 2.04. The lowest BCUT2D eigenvalue weighted by Crippen LogP contribution is -2.13. The summed E-state index contributed by atoms with van der Waals surface area (Å²) in [7, 11) is 0. The van der Waals surface area contributed by atoms with Crippen LogP contribution in [0.4, 0.5) is 11.4 Å². The van der Waals surface area contributed by atoms with Crippen molar-refractivity contribution >= 4 is 23.2 Å². The summed E-state index contributed by atoms with van der Waals surface area (Å²) in [5.74, 6) is 0.378. The number of hydrogen-bond donors (Lipinski definition) is 2. The highest BCUT2D eigenvalue weighted by atomic mass is 16.2. The second-order valence-corrected chi connectivity index (χ2v) is 7.03. The second-order valence-electron chi connectivity index (χ2n) is 7.03. The number of carbonyl (C=O) groups excluding carboxylic acids is 2. The first kappa shape index (κ1) is 19.7. The van der Waals surface area contributed by atoms with Gasteiger partial charge in [0.25, 0.3) is 0 Å². The number of carbonyl (C=O) groups is 2. The molecule has 0 saturated heterocycles. The van der Waals surface area contributed by atoms with Crippen LogP contribution in [0.15, 0.2) is 24.3 Å². The number of aromatic nitrogens is 2. The molecule has 0 atom stereocenters. The van der Waals surface area contributed by atoms with E-state index in [1.807, 2.05) is 11.6 Å². The first-order valence-corrected chi connectivity index (χ1v) is 8.96. The lowest BCUT2D eigenvalue weighted by atomic mass is 10.1. The minimum absolute atomic E-state index is 0.0345. The highest BCUT2D eigenvalue weighted by molar-refractivity contribution is 5.92. The van der Waals surface area contributed by atoms with Crippen molar-refractivity contribution in [3.63, 3.8) is 0 Å². The molecule has 140 valence electrons. The monoisotopic (exact) mass is 356 g/mol. The average molecular weight is 356 g/mol. The van der Waals surface area contributed by atoms with E-state index in [1.165, 1.54) is 6.92 Å². The van der Waals surface area contributed by atoms with Gasteiger partial charge >= 0.3 is 0 Å². The molecule has 2 N–H and O–H groups in total. The van der Waals surface area contributed by atoms with Crippen LogP contribution < -0.4 is 10.6 Å². The van der Waals surface area contributed by atoms with Crippen LogP contribution in [0, 0.1) is 19.8 Å². The molecule has 1 aromatic carbocycles. The van der Waals surface area contributed by atoms with Gasteiger partial charge in [-0.1, -0.05) is 13.8 Å². The van der Waals surface area contributed by atoms with E-state index >= 15 is 0 Å². The Morgan fingerprint density at radius 3 is 2.19 bits per heavy atom. The molecule has 0 aliphatic heterocycles. The van der Waals surface area contributed by atoms with Gasteiger partial charge in [0.1, 0.15) is 0 Å². The number of amides is 2. The summed E-state index contributed by atoms with van der Waals surface area (Å²) in [6, 6.07) is 7.09. The molecule has 6 heteroatoms. The number of rotatable bonds is 7. The van der Waals surface area contributed by atoms with Crippen LogP contribution in [0.25, 0.3) is 0 Å². The van der Waals surface area contributed by atoms with Crippen molar-refractivity contribution < 1.29 is 9.59 Å². The van der Waals surface area contributed by atoms with Gasteiger partial charge in [-0.25, -0.2) is 0 Å². The van der Waals surface area contributed by atoms with Crippen LogP contribution in [0.2, 0.25) is 0 Å². The van der Waals surface area contributed by atoms with Crippen LogP contribution in [0.5, 0.6) is 0 Å². The van der Waals surface area contributed by atoms with Crippen molar-refractivity contribution in [3.05, 3.63) is 41.2 Å². The van der Waals surface area contributed by atoms with Crippen molar-refractivity contribution in [2.75, 3.05) is 10.6 Å². The van der Waals surface area contributed by atoms with Gasteiger partial charge in [0.2, 0.25) is 11.8 Å². The van der Waals surface area contributed by atoms with Crippen molar-refractivity contribution in [1.29, 1.82) is 0 Å². The van der Waals surface area contributed by atoms with E-state index in [-0.39, 0.29) is 11.8 Å². The number of aryl methyl sites for hydroxylation is 1. The van der Waals surface area contributed by atoms with Crippen LogP contribution in [0.1, 0.15) is 44.1 Å². The molecule has 2 aromatic rings. The van der Waals surface area contributed by atoms with Gasteiger partial charge in [0, 0.05) is 37.0 Å². The number of nitrogens with one attached hydrogen (secondary N) is 2. The molecule has 0 bridgehead atoms. The Balaban J connectivity index is 1.93. The molecular formula is C20H28N4O2. The summed E-state index contributed by atoms with van der Waals surface area (Å²) >= 11 is 0. The van der Waals surface area contributed by atoms with Crippen LogP contribution in [-0.4, -0.2) is 21.6 Å². The molecule has 26 heavy (non-hydrogen) atoms. The van der Waals surface area contributed by atoms with Crippen molar-refractivity contribution in [2.45, 2.75) is 54.0 Å². The summed E-state index contributed by atoms with van der Waals surface area (Å²) in [6.45, 7) is 10.7. The smallest absolute Gasteiger partial charge is 0.224 e. The van der Waals surface area contributed by atoms with Gasteiger partial charge in [0.15, 0.2) is 0 Å². The Bertz CT molecular complexity index is 776. The first-order valence-electron chi connectivity index (χ1n) is 8.96. The van der Waals surface area contributed by atoms with Crippen molar-refractivity contribution in [1.82, 2.24) is 9.78 Å². The van der Waals surface area contributed by atoms with Crippen LogP contribution in [0.3, 0.4) is 0 Å². The Labute approximate surface area is 155 Å². The molecule has 0 fully saturated rings. The van der Waals surface area contributed by atoms with Crippen LogP contribution in [-0.2, 0) is 22.6 Å². The zero-order valence-corrected chi connectivity index (χ0v) is 16.2. The fourth-order valence-corrected chi connectivity index (χ4v) is 2.92. The maximum Gasteiger partial charge on any atom is 0.224 e. The third-order valence-electron chi connectivity index (χ3n) is 4.16. The normalized spacial score (nSPS) is 10.8. The number of nitrogens with zero attached hydrogens (tertiary/aromatic N) is 2. The van der Waals surface area contributed by atoms with E-state index in [0.717, 1.165) is 23.5 Å². The topological polar surface area (TPSA) is 76.0 Å². The fraction of sp³-hybridized carbons (Fsp3) is 0.450. The quantitative estimate of drug-likeness (QED) is 0.794. The van der Waals surface area contributed by atoms with Gasteiger partial charge in [-0.2, -0.15) is 5.10 Å². The molecule has 6 nitrogen and oxygen atoms in total. The highest BCUT2D eigenvalue weighted by Gasteiger charge is 2.14. The summed E-state index contributed by atoms with van der Waals surface area (Å²) in [6.07, 6.45) is 1.08. The minimum atomic E-state index is -0.120. The standard InChI is InChI=1S/C20H28N4O2/c1-13(2)12-24-15(4)19(14(3)23-24)10-11-20(26)22-18-8-6-17(7-9-18)21-16(5)25/h6-9,13H,10-12H2,1-5H3,(H,21,25)(H,22,26). The van der Waals surface area contributed by atoms with E-state index < -0.39 is 0 Å². The zero-order chi connectivity index (χ0) is 19.3. The van der Waals surface area contributed by atoms with E-state index in [2.05, 4.69) is 36.5 Å². The molecule has 2 rings (SSSR count). The number of anilines is 2. The molecule has 1 aromatic heterocycles. The van der Waals surface area contributed by atoms with Gasteiger partial charge in [0.05, 0.1) is 5.69 Å². The maximum atomic E-state index is 12.2. The molecular weight excluding hydrogens is 328 g/mol. The van der Waals surface area contributed by atoms with Gasteiger partial charge in [-0.15, -0.1) is 0 Å². The summed E-state index contributed by atoms with van der Waals surface area (Å²) in [5.41, 5.74) is 4.72. The predicted octanol–water partition coefficient (Wildman–Crippen LogP) is 3.69. The van der Waals surface area contributed by atoms with Crippen LogP contribution >= 0.6 is 0 Å². The van der Waals surface area contributed by atoms with Gasteiger partial charge in [-0.3, -0.25) is 14.3 Å². The maximum absolute atomic E-state index is 12.2. The summed E-state index contributed by atoms with van der Waals surface area (Å²) in [5, 5.41) is 10.2. The average Bonchev–Trinajstić information content (AvgIpc) is 2.80. The Hall–Kier alpha value is -2.63. The third kappa shape index (κ3) is 5.44. The molecule has 0 radical (unpaired) electrons. The lowest BCUT2D eigenvalue weighted by molar-refractivity contribution is -0.116. The SMILES string of the molecule is CC(=O)Nc1ccc(NC(=O)CCc2c(C)nn(CC(C)C)c2C)cc1. The van der Waals surface area contributed by atoms with Gasteiger partial charge < -0.3 is 10.6 Å². The molecule has 0 saturated carbocycles. The van der Waals surface area contributed by atoms with E-state index in [1.54, 1.807) is 24.3 Å². The lowest BCUT2D eigenvalue weighted by Gasteiger charge is -2.09. The molecule has 0 aliphatic rings. The Morgan fingerprint density at radius 2 is 1.65 bits per heavy atom. The molecule has 0 aliphatic carbocycles. The van der Waals surface area contributed by atoms with Crippen molar-refractivity contribution in [2.24, 2.45) is 5.92 Å². The fourth-order valence-electron chi connectivity index (χ4n) is 2.92. The predicted molar refractivity (Wildman–Crippen MR) is 104 cm³/mol. The van der Waals surface area contributed by atoms with E-state index in [4.69, 9.17) is 0 Å². The number of benzene rings is 1. The molecule has 0 unspecified atom stereocenters. The number of hydrogen-bond acceptors (Lipinski definition) is 3. The molecule has 2 amide bonds. The van der Waals surface area contributed by atoms with E-state index in [9.17, 15) is 9.59 Å². The summed E-state index contributed by atoms with van der Waals surface area (Å²) in [4.78, 5) is 23.3. The Morgan fingerprint density at radius 1 is 1.08 bits per heavy atom. The molecule has 1 heterocycles.